The fourth-order valence-electron chi connectivity index (χ4n) is 2.15. The van der Waals surface area contributed by atoms with E-state index in [4.69, 9.17) is 0 Å². The molecule has 1 unspecified atom stereocenters. The lowest BCUT2D eigenvalue weighted by molar-refractivity contribution is -0.108. The van der Waals surface area contributed by atoms with E-state index < -0.39 is 0 Å². The lowest BCUT2D eigenvalue weighted by Gasteiger charge is -2.18. The number of hydrogen-bond donors (Lipinski definition) is 0. The molecule has 1 heterocycles. The number of rotatable bonds is 3. The highest BCUT2D eigenvalue weighted by Crippen LogP contribution is 2.36. The van der Waals surface area contributed by atoms with Gasteiger partial charge in [0.15, 0.2) is 0 Å². The van der Waals surface area contributed by atoms with Crippen LogP contribution < -0.4 is 5.01 Å². The number of carbonyl (C=O) groups is 1. The van der Waals surface area contributed by atoms with Gasteiger partial charge < -0.3 is 4.79 Å². The van der Waals surface area contributed by atoms with E-state index in [0.29, 0.717) is 5.92 Å². The molecule has 1 saturated carbocycles. The van der Waals surface area contributed by atoms with Crippen molar-refractivity contribution in [1.82, 2.24) is 0 Å². The average molecular weight is 214 g/mol. The second-order valence-electron chi connectivity index (χ2n) is 4.45. The molecule has 2 aliphatic rings. The quantitative estimate of drug-likeness (QED) is 0.723. The van der Waals surface area contributed by atoms with E-state index in [1.54, 1.807) is 0 Å². The molecule has 1 aliphatic carbocycles. The molecule has 0 N–H and O–H groups in total. The molecular weight excluding hydrogens is 200 g/mol. The molecule has 16 heavy (non-hydrogen) atoms. The monoisotopic (exact) mass is 214 g/mol. The van der Waals surface area contributed by atoms with Gasteiger partial charge in [-0.05, 0) is 30.9 Å². The Hall–Kier alpha value is -1.64. The highest BCUT2D eigenvalue weighted by Gasteiger charge is 2.36. The Morgan fingerprint density at radius 2 is 2.00 bits per heavy atom. The minimum Gasteiger partial charge on any atom is -0.301 e. The highest BCUT2D eigenvalue weighted by molar-refractivity contribution is 5.95. The van der Waals surface area contributed by atoms with Gasteiger partial charge in [0.05, 0.1) is 5.69 Å². The van der Waals surface area contributed by atoms with Crippen molar-refractivity contribution in [3.63, 3.8) is 0 Å². The third kappa shape index (κ3) is 1.62. The summed E-state index contributed by atoms with van der Waals surface area (Å²) in [6, 6.07) is 9.81. The van der Waals surface area contributed by atoms with Gasteiger partial charge in [0.2, 0.25) is 0 Å². The van der Waals surface area contributed by atoms with Crippen molar-refractivity contribution in [3.8, 4) is 0 Å². The van der Waals surface area contributed by atoms with Gasteiger partial charge in [-0.1, -0.05) is 18.2 Å². The van der Waals surface area contributed by atoms with E-state index in [2.05, 4.69) is 5.10 Å². The van der Waals surface area contributed by atoms with Gasteiger partial charge in [-0.25, -0.2) is 0 Å². The van der Waals surface area contributed by atoms with Crippen LogP contribution in [0.3, 0.4) is 0 Å². The molecule has 0 radical (unpaired) electrons. The van der Waals surface area contributed by atoms with E-state index in [0.717, 1.165) is 18.4 Å². The maximum absolute atomic E-state index is 11.1. The molecule has 0 aromatic heterocycles. The summed E-state index contributed by atoms with van der Waals surface area (Å²) in [5.74, 6) is 0.649. The lowest BCUT2D eigenvalue weighted by atomic mass is 10.1. The number of carbonyl (C=O) groups excluding carboxylic acids is 1. The summed E-state index contributed by atoms with van der Waals surface area (Å²) in [5.41, 5.74) is 2.22. The van der Waals surface area contributed by atoms with Crippen LogP contribution in [0.5, 0.6) is 0 Å². The van der Waals surface area contributed by atoms with Crippen LogP contribution in [-0.4, -0.2) is 18.0 Å². The van der Waals surface area contributed by atoms with Crippen molar-refractivity contribution < 1.29 is 4.79 Å². The van der Waals surface area contributed by atoms with Gasteiger partial charge in [-0.2, -0.15) is 5.10 Å². The third-order valence-corrected chi connectivity index (χ3v) is 3.20. The third-order valence-electron chi connectivity index (χ3n) is 3.20. The van der Waals surface area contributed by atoms with Gasteiger partial charge in [0.1, 0.15) is 12.3 Å². The van der Waals surface area contributed by atoms with Crippen molar-refractivity contribution >= 4 is 17.7 Å². The fourth-order valence-corrected chi connectivity index (χ4v) is 2.15. The number of anilines is 1. The van der Waals surface area contributed by atoms with E-state index in [1.165, 1.54) is 18.6 Å². The molecule has 3 heteroatoms. The standard InChI is InChI=1S/C13H14N2O/c16-9-12-8-13(10-6-7-10)14-15(12)11-4-2-1-3-5-11/h1-5,9-10,12H,6-8H2. The van der Waals surface area contributed by atoms with Crippen molar-refractivity contribution in [2.75, 3.05) is 5.01 Å². The maximum Gasteiger partial charge on any atom is 0.144 e. The second-order valence-corrected chi connectivity index (χ2v) is 4.45. The Labute approximate surface area is 94.8 Å². The van der Waals surface area contributed by atoms with Crippen LogP contribution in [0.4, 0.5) is 5.69 Å². The Morgan fingerprint density at radius 1 is 1.25 bits per heavy atom. The lowest BCUT2D eigenvalue weighted by Crippen LogP contribution is -2.27. The number of para-hydroxylation sites is 1. The Bertz CT molecular complexity index is 423. The summed E-state index contributed by atoms with van der Waals surface area (Å²) in [6.07, 6.45) is 4.30. The van der Waals surface area contributed by atoms with Crippen LogP contribution in [0.15, 0.2) is 35.4 Å². The zero-order valence-electron chi connectivity index (χ0n) is 9.04. The first-order chi connectivity index (χ1) is 7.88. The summed E-state index contributed by atoms with van der Waals surface area (Å²) in [4.78, 5) is 11.1. The second kappa shape index (κ2) is 3.74. The normalized spacial score (nSPS) is 24.4. The molecule has 1 atom stereocenters. The summed E-state index contributed by atoms with van der Waals surface area (Å²) in [6.45, 7) is 0. The molecule has 82 valence electrons. The van der Waals surface area contributed by atoms with Crippen LogP contribution in [0.2, 0.25) is 0 Å². The SMILES string of the molecule is O=CC1CC(C2CC2)=NN1c1ccccc1. The molecule has 0 bridgehead atoms. The predicted octanol–water partition coefficient (Wildman–Crippen LogP) is 2.23. The molecule has 1 fully saturated rings. The molecule has 3 rings (SSSR count). The number of nitrogens with zero attached hydrogens (tertiary/aromatic N) is 2. The van der Waals surface area contributed by atoms with E-state index in [1.807, 2.05) is 35.3 Å². The topological polar surface area (TPSA) is 32.7 Å². The van der Waals surface area contributed by atoms with Gasteiger partial charge in [-0.3, -0.25) is 5.01 Å². The molecule has 1 aliphatic heterocycles. The van der Waals surface area contributed by atoms with Crippen LogP contribution in [0.25, 0.3) is 0 Å². The van der Waals surface area contributed by atoms with Crippen LogP contribution in [-0.2, 0) is 4.79 Å². The first-order valence-corrected chi connectivity index (χ1v) is 5.75. The summed E-state index contributed by atoms with van der Waals surface area (Å²) >= 11 is 0. The largest absolute Gasteiger partial charge is 0.301 e. The zero-order chi connectivity index (χ0) is 11.0. The van der Waals surface area contributed by atoms with E-state index in [-0.39, 0.29) is 6.04 Å². The van der Waals surface area contributed by atoms with Gasteiger partial charge in [-0.15, -0.1) is 0 Å². The molecule has 1 aromatic rings. The Balaban J connectivity index is 1.89. The van der Waals surface area contributed by atoms with Gasteiger partial charge in [0, 0.05) is 12.1 Å². The molecule has 3 nitrogen and oxygen atoms in total. The number of aldehydes is 1. The van der Waals surface area contributed by atoms with Crippen LogP contribution in [0, 0.1) is 5.92 Å². The van der Waals surface area contributed by atoms with Crippen molar-refractivity contribution in [3.05, 3.63) is 30.3 Å². The smallest absolute Gasteiger partial charge is 0.144 e. The minimum absolute atomic E-state index is 0.0991. The number of hydrazone groups is 1. The molecule has 0 spiro atoms. The maximum atomic E-state index is 11.1. The zero-order valence-corrected chi connectivity index (χ0v) is 9.04. The first-order valence-electron chi connectivity index (χ1n) is 5.75. The molecule has 0 amide bonds. The van der Waals surface area contributed by atoms with Crippen LogP contribution in [0.1, 0.15) is 19.3 Å². The van der Waals surface area contributed by atoms with Gasteiger partial charge >= 0.3 is 0 Å². The van der Waals surface area contributed by atoms with Crippen molar-refractivity contribution in [2.45, 2.75) is 25.3 Å². The minimum atomic E-state index is -0.0991. The van der Waals surface area contributed by atoms with Crippen molar-refractivity contribution in [1.29, 1.82) is 0 Å². The van der Waals surface area contributed by atoms with Gasteiger partial charge in [0.25, 0.3) is 0 Å². The highest BCUT2D eigenvalue weighted by atomic mass is 16.1. The first kappa shape index (κ1) is 9.58. The number of benzene rings is 1. The Morgan fingerprint density at radius 3 is 2.62 bits per heavy atom. The molecular formula is C13H14N2O. The summed E-state index contributed by atoms with van der Waals surface area (Å²) < 4.78 is 0. The molecule has 1 aromatic carbocycles. The number of hydrogen-bond acceptors (Lipinski definition) is 3. The Kier molecular flexibility index (Phi) is 2.24. The summed E-state index contributed by atoms with van der Waals surface area (Å²) in [5, 5.41) is 6.45. The van der Waals surface area contributed by atoms with Crippen molar-refractivity contribution in [2.24, 2.45) is 11.0 Å². The predicted molar refractivity (Wildman–Crippen MR) is 63.5 cm³/mol. The average Bonchev–Trinajstić information content (AvgIpc) is 3.10. The van der Waals surface area contributed by atoms with E-state index >= 15 is 0 Å². The molecule has 0 saturated heterocycles. The van der Waals surface area contributed by atoms with Crippen LogP contribution >= 0.6 is 0 Å². The summed E-state index contributed by atoms with van der Waals surface area (Å²) in [7, 11) is 0. The fraction of sp³-hybridized carbons (Fsp3) is 0.385. The van der Waals surface area contributed by atoms with E-state index in [9.17, 15) is 4.79 Å².